The molecule has 0 unspecified atom stereocenters. The van der Waals surface area contributed by atoms with Gasteiger partial charge in [-0.2, -0.15) is 18.3 Å². The molecule has 0 radical (unpaired) electrons. The van der Waals surface area contributed by atoms with Gasteiger partial charge in [0.25, 0.3) is 5.91 Å². The third kappa shape index (κ3) is 4.57. The number of nitrogens with zero attached hydrogens (tertiary/aromatic N) is 4. The largest absolute Gasteiger partial charge is 0.489 e. The summed E-state index contributed by atoms with van der Waals surface area (Å²) in [5.74, 6) is -0.665. The quantitative estimate of drug-likeness (QED) is 0.590. The van der Waals surface area contributed by atoms with Crippen molar-refractivity contribution in [3.63, 3.8) is 0 Å². The van der Waals surface area contributed by atoms with Crippen molar-refractivity contribution in [2.75, 3.05) is 19.0 Å². The van der Waals surface area contributed by atoms with Gasteiger partial charge in [0.2, 0.25) is 5.88 Å². The SMILES string of the molecule is C=CCOc1cccc(NC(=O)c2cnn(-c3ccc(OC)nn3)c2C(F)(F)F)c1. The topological polar surface area (TPSA) is 91.2 Å². The molecule has 0 fully saturated rings. The molecule has 2 aromatic heterocycles. The van der Waals surface area contributed by atoms with Crippen molar-refractivity contribution in [1.29, 1.82) is 0 Å². The van der Waals surface area contributed by atoms with Gasteiger partial charge in [-0.3, -0.25) is 4.79 Å². The molecule has 156 valence electrons. The average Bonchev–Trinajstić information content (AvgIpc) is 3.18. The number of nitrogens with one attached hydrogen (secondary N) is 1. The number of alkyl halides is 3. The Hall–Kier alpha value is -3.89. The second kappa shape index (κ2) is 8.64. The molecule has 3 rings (SSSR count). The minimum Gasteiger partial charge on any atom is -0.489 e. The highest BCUT2D eigenvalue weighted by Gasteiger charge is 2.41. The first-order valence-electron chi connectivity index (χ1n) is 8.52. The molecule has 0 atom stereocenters. The zero-order chi connectivity index (χ0) is 21.7. The van der Waals surface area contributed by atoms with Gasteiger partial charge < -0.3 is 14.8 Å². The van der Waals surface area contributed by atoms with Gasteiger partial charge >= 0.3 is 6.18 Å². The zero-order valence-electron chi connectivity index (χ0n) is 15.7. The molecule has 11 heteroatoms. The van der Waals surface area contributed by atoms with Crippen LogP contribution >= 0.6 is 0 Å². The molecule has 0 aliphatic heterocycles. The van der Waals surface area contributed by atoms with Crippen LogP contribution in [0.2, 0.25) is 0 Å². The molecule has 1 aromatic carbocycles. The van der Waals surface area contributed by atoms with Gasteiger partial charge in [0, 0.05) is 17.8 Å². The van der Waals surface area contributed by atoms with E-state index in [0.717, 1.165) is 6.20 Å². The van der Waals surface area contributed by atoms with E-state index in [0.29, 0.717) is 10.4 Å². The summed E-state index contributed by atoms with van der Waals surface area (Å²) < 4.78 is 51.9. The van der Waals surface area contributed by atoms with E-state index in [-0.39, 0.29) is 24.0 Å². The zero-order valence-corrected chi connectivity index (χ0v) is 15.7. The first-order chi connectivity index (χ1) is 14.3. The molecule has 0 saturated heterocycles. The van der Waals surface area contributed by atoms with Crippen LogP contribution in [0.1, 0.15) is 16.1 Å². The van der Waals surface area contributed by atoms with E-state index in [1.54, 1.807) is 12.1 Å². The summed E-state index contributed by atoms with van der Waals surface area (Å²) in [6.45, 7) is 3.77. The molecular weight excluding hydrogens is 403 g/mol. The first kappa shape index (κ1) is 20.8. The molecule has 30 heavy (non-hydrogen) atoms. The Kier molecular flexibility index (Phi) is 6.00. The summed E-state index contributed by atoms with van der Waals surface area (Å²) in [5.41, 5.74) is -1.69. The van der Waals surface area contributed by atoms with Crippen molar-refractivity contribution in [3.8, 4) is 17.4 Å². The first-order valence-corrected chi connectivity index (χ1v) is 8.52. The minimum absolute atomic E-state index is 0.121. The van der Waals surface area contributed by atoms with Crippen LogP contribution < -0.4 is 14.8 Å². The minimum atomic E-state index is -4.88. The number of amides is 1. The number of ether oxygens (including phenoxy) is 2. The molecule has 0 bridgehead atoms. The number of benzene rings is 1. The van der Waals surface area contributed by atoms with Crippen molar-refractivity contribution in [2.24, 2.45) is 0 Å². The summed E-state index contributed by atoms with van der Waals surface area (Å²) in [7, 11) is 1.35. The lowest BCUT2D eigenvalue weighted by Gasteiger charge is -2.12. The van der Waals surface area contributed by atoms with Gasteiger partial charge in [-0.15, -0.1) is 10.2 Å². The number of anilines is 1. The lowest BCUT2D eigenvalue weighted by Crippen LogP contribution is -2.21. The summed E-state index contributed by atoms with van der Waals surface area (Å²) >= 11 is 0. The highest BCUT2D eigenvalue weighted by molar-refractivity contribution is 6.05. The fraction of sp³-hybridized carbons (Fsp3) is 0.158. The summed E-state index contributed by atoms with van der Waals surface area (Å²) in [4.78, 5) is 12.6. The van der Waals surface area contributed by atoms with Gasteiger partial charge in [0.1, 0.15) is 12.4 Å². The van der Waals surface area contributed by atoms with Gasteiger partial charge in [-0.05, 0) is 18.2 Å². The van der Waals surface area contributed by atoms with Crippen LogP contribution in [-0.2, 0) is 6.18 Å². The van der Waals surface area contributed by atoms with E-state index in [4.69, 9.17) is 9.47 Å². The number of methoxy groups -OCH3 is 1. The van der Waals surface area contributed by atoms with E-state index in [2.05, 4.69) is 27.2 Å². The van der Waals surface area contributed by atoms with E-state index in [1.165, 1.54) is 37.5 Å². The number of hydrogen-bond acceptors (Lipinski definition) is 6. The Bertz CT molecular complexity index is 1050. The Morgan fingerprint density at radius 3 is 2.70 bits per heavy atom. The lowest BCUT2D eigenvalue weighted by molar-refractivity contribution is -0.143. The second-order valence-electron chi connectivity index (χ2n) is 5.83. The third-order valence-corrected chi connectivity index (χ3v) is 3.79. The van der Waals surface area contributed by atoms with Crippen LogP contribution in [0.3, 0.4) is 0 Å². The molecule has 8 nitrogen and oxygen atoms in total. The summed E-state index contributed by atoms with van der Waals surface area (Å²) in [6.07, 6.45) is -2.51. The lowest BCUT2D eigenvalue weighted by atomic mass is 10.2. The second-order valence-corrected chi connectivity index (χ2v) is 5.83. The predicted octanol–water partition coefficient (Wildman–Crippen LogP) is 3.51. The summed E-state index contributed by atoms with van der Waals surface area (Å²) in [6, 6.07) is 8.81. The number of halogens is 3. The molecule has 3 aromatic rings. The molecule has 1 N–H and O–H groups in total. The van der Waals surface area contributed by atoms with Crippen molar-refractivity contribution in [3.05, 3.63) is 66.5 Å². The van der Waals surface area contributed by atoms with E-state index >= 15 is 0 Å². The highest BCUT2D eigenvalue weighted by atomic mass is 19.4. The van der Waals surface area contributed by atoms with E-state index in [9.17, 15) is 18.0 Å². The standard InChI is InChI=1S/C19H16F3N5O3/c1-3-9-30-13-6-4-5-12(10-13)24-18(28)14-11-23-27(17(14)19(20,21)22)15-7-8-16(29-2)26-25-15/h3-8,10-11H,1,9H2,2H3,(H,24,28). The Balaban J connectivity index is 1.92. The maximum atomic E-state index is 13.7. The fourth-order valence-corrected chi connectivity index (χ4v) is 2.51. The fourth-order valence-electron chi connectivity index (χ4n) is 2.51. The number of carbonyl (C=O) groups is 1. The Morgan fingerprint density at radius 2 is 2.07 bits per heavy atom. The van der Waals surface area contributed by atoms with Crippen molar-refractivity contribution in [2.45, 2.75) is 6.18 Å². The number of aromatic nitrogens is 4. The normalized spacial score (nSPS) is 11.1. The maximum absolute atomic E-state index is 13.7. The van der Waals surface area contributed by atoms with Crippen LogP contribution in [0.5, 0.6) is 11.6 Å². The van der Waals surface area contributed by atoms with Gasteiger partial charge in [0.05, 0.1) is 18.9 Å². The molecule has 1 amide bonds. The van der Waals surface area contributed by atoms with E-state index in [1.807, 2.05) is 0 Å². The Labute approximate surface area is 168 Å². The van der Waals surface area contributed by atoms with Crippen LogP contribution in [-0.4, -0.2) is 39.6 Å². The van der Waals surface area contributed by atoms with Crippen LogP contribution in [0.4, 0.5) is 18.9 Å². The summed E-state index contributed by atoms with van der Waals surface area (Å²) in [5, 5.41) is 13.4. The average molecular weight is 419 g/mol. The molecule has 2 heterocycles. The predicted molar refractivity (Wildman–Crippen MR) is 101 cm³/mol. The highest BCUT2D eigenvalue weighted by Crippen LogP contribution is 2.34. The maximum Gasteiger partial charge on any atom is 0.434 e. The van der Waals surface area contributed by atoms with Crippen LogP contribution in [0.25, 0.3) is 5.82 Å². The van der Waals surface area contributed by atoms with Crippen LogP contribution in [0.15, 0.2) is 55.3 Å². The van der Waals surface area contributed by atoms with Gasteiger partial charge in [-0.1, -0.05) is 18.7 Å². The number of carbonyl (C=O) groups excluding carboxylic acids is 1. The van der Waals surface area contributed by atoms with Gasteiger partial charge in [-0.25, -0.2) is 4.68 Å². The van der Waals surface area contributed by atoms with E-state index < -0.39 is 23.3 Å². The molecule has 0 aliphatic carbocycles. The monoisotopic (exact) mass is 419 g/mol. The molecular formula is C19H16F3N5O3. The molecule has 0 spiro atoms. The molecule has 0 saturated carbocycles. The Morgan fingerprint density at radius 1 is 1.27 bits per heavy atom. The third-order valence-electron chi connectivity index (χ3n) is 3.79. The van der Waals surface area contributed by atoms with Crippen molar-refractivity contribution < 1.29 is 27.4 Å². The number of rotatable bonds is 7. The molecule has 0 aliphatic rings. The smallest absolute Gasteiger partial charge is 0.434 e. The number of hydrogen-bond donors (Lipinski definition) is 1. The van der Waals surface area contributed by atoms with Crippen molar-refractivity contribution >= 4 is 11.6 Å². The van der Waals surface area contributed by atoms with Crippen molar-refractivity contribution in [1.82, 2.24) is 20.0 Å². The van der Waals surface area contributed by atoms with Gasteiger partial charge in [0.15, 0.2) is 11.5 Å². The van der Waals surface area contributed by atoms with Crippen LogP contribution in [0, 0.1) is 0 Å².